The van der Waals surface area contributed by atoms with E-state index in [-0.39, 0.29) is 5.56 Å². The van der Waals surface area contributed by atoms with Crippen molar-refractivity contribution in [1.82, 2.24) is 0 Å². The van der Waals surface area contributed by atoms with Crippen molar-refractivity contribution in [1.29, 1.82) is 0 Å². The Balaban J connectivity index is 2.43. The summed E-state index contributed by atoms with van der Waals surface area (Å²) in [7, 11) is 0. The average Bonchev–Trinajstić information content (AvgIpc) is 2.30. The molecule has 2 aromatic carbocycles. The Morgan fingerprint density at radius 2 is 1.33 bits per heavy atom. The second kappa shape index (κ2) is 5.35. The molecule has 0 aliphatic heterocycles. The van der Waals surface area contributed by atoms with Gasteiger partial charge in [-0.2, -0.15) is 8.78 Å². The van der Waals surface area contributed by atoms with Gasteiger partial charge in [-0.3, -0.25) is 0 Å². The van der Waals surface area contributed by atoms with Gasteiger partial charge in [0, 0.05) is 0 Å². The van der Waals surface area contributed by atoms with E-state index in [9.17, 15) is 22.0 Å². The number of alkyl halides is 2. The molecule has 21 heavy (non-hydrogen) atoms. The van der Waals surface area contributed by atoms with Gasteiger partial charge in [0.2, 0.25) is 0 Å². The first-order valence-corrected chi connectivity index (χ1v) is 6.00. The van der Waals surface area contributed by atoms with Gasteiger partial charge in [0.1, 0.15) is 17.2 Å². The van der Waals surface area contributed by atoms with Gasteiger partial charge in [-0.05, 0) is 49.2 Å². The minimum absolute atomic E-state index is 0.145. The SMILES string of the molecule is Cc1ccc(OC(F)(F)c2c(F)cc(C)cc2F)c(F)c1. The number of hydrogen-bond donors (Lipinski definition) is 0. The molecule has 6 heteroatoms. The summed E-state index contributed by atoms with van der Waals surface area (Å²) in [6.45, 7) is 2.92. The van der Waals surface area contributed by atoms with E-state index in [0.29, 0.717) is 5.56 Å². The molecular weight excluding hydrogens is 291 g/mol. The molecule has 0 heterocycles. The zero-order valence-corrected chi connectivity index (χ0v) is 11.2. The van der Waals surface area contributed by atoms with Crippen LogP contribution < -0.4 is 4.74 Å². The second-order valence-corrected chi connectivity index (χ2v) is 4.66. The smallest absolute Gasteiger partial charge is 0.426 e. The molecule has 0 saturated heterocycles. The summed E-state index contributed by atoms with van der Waals surface area (Å²) in [5.74, 6) is -4.73. The number of hydrogen-bond acceptors (Lipinski definition) is 1. The third-order valence-electron chi connectivity index (χ3n) is 2.80. The molecule has 0 atom stereocenters. The van der Waals surface area contributed by atoms with Crippen molar-refractivity contribution in [3.05, 3.63) is 64.5 Å². The Hall–Kier alpha value is -2.11. The molecule has 0 radical (unpaired) electrons. The van der Waals surface area contributed by atoms with Crippen LogP contribution in [0.2, 0.25) is 0 Å². The van der Waals surface area contributed by atoms with Gasteiger partial charge >= 0.3 is 6.11 Å². The van der Waals surface area contributed by atoms with Crippen LogP contribution in [-0.2, 0) is 6.11 Å². The topological polar surface area (TPSA) is 9.23 Å². The van der Waals surface area contributed by atoms with Crippen molar-refractivity contribution < 1.29 is 26.7 Å². The van der Waals surface area contributed by atoms with E-state index in [1.54, 1.807) is 6.92 Å². The highest BCUT2D eigenvalue weighted by atomic mass is 19.3. The molecule has 0 bridgehead atoms. The second-order valence-electron chi connectivity index (χ2n) is 4.66. The Morgan fingerprint density at radius 1 is 0.810 bits per heavy atom. The molecule has 0 unspecified atom stereocenters. The third kappa shape index (κ3) is 3.15. The van der Waals surface area contributed by atoms with Crippen LogP contribution in [0.1, 0.15) is 16.7 Å². The summed E-state index contributed by atoms with van der Waals surface area (Å²) >= 11 is 0. The minimum atomic E-state index is -4.34. The van der Waals surface area contributed by atoms with Crippen molar-refractivity contribution in [3.63, 3.8) is 0 Å². The lowest BCUT2D eigenvalue weighted by Crippen LogP contribution is -2.25. The largest absolute Gasteiger partial charge is 0.432 e. The van der Waals surface area contributed by atoms with Gasteiger partial charge in [-0.25, -0.2) is 13.2 Å². The van der Waals surface area contributed by atoms with Crippen molar-refractivity contribution in [2.24, 2.45) is 0 Å². The molecule has 0 spiro atoms. The third-order valence-corrected chi connectivity index (χ3v) is 2.80. The maximum atomic E-state index is 13.9. The zero-order chi connectivity index (χ0) is 15.8. The van der Waals surface area contributed by atoms with Crippen LogP contribution in [0, 0.1) is 31.3 Å². The maximum absolute atomic E-state index is 13.9. The predicted molar refractivity (Wildman–Crippen MR) is 66.8 cm³/mol. The lowest BCUT2D eigenvalue weighted by Gasteiger charge is -2.20. The summed E-state index contributed by atoms with van der Waals surface area (Å²) in [4.78, 5) is 0. The van der Waals surface area contributed by atoms with Crippen LogP contribution in [0.5, 0.6) is 5.75 Å². The van der Waals surface area contributed by atoms with Crippen LogP contribution in [-0.4, -0.2) is 0 Å². The predicted octanol–water partition coefficient (Wildman–Crippen LogP) is 4.85. The van der Waals surface area contributed by atoms with E-state index in [0.717, 1.165) is 24.3 Å². The number of ether oxygens (including phenoxy) is 1. The number of halogens is 5. The van der Waals surface area contributed by atoms with Gasteiger partial charge in [0.05, 0.1) is 0 Å². The highest BCUT2D eigenvalue weighted by Gasteiger charge is 2.41. The van der Waals surface area contributed by atoms with Crippen LogP contribution in [0.4, 0.5) is 22.0 Å². The molecule has 2 rings (SSSR count). The highest BCUT2D eigenvalue weighted by Crippen LogP contribution is 2.36. The quantitative estimate of drug-likeness (QED) is 0.737. The van der Waals surface area contributed by atoms with Crippen LogP contribution in [0.3, 0.4) is 0 Å². The molecule has 0 saturated carbocycles. The highest BCUT2D eigenvalue weighted by molar-refractivity contribution is 5.32. The summed E-state index contributed by atoms with van der Waals surface area (Å²) in [6, 6.07) is 4.80. The van der Waals surface area contributed by atoms with E-state index in [4.69, 9.17) is 0 Å². The molecule has 0 aromatic heterocycles. The number of aryl methyl sites for hydroxylation is 2. The zero-order valence-electron chi connectivity index (χ0n) is 11.2. The van der Waals surface area contributed by atoms with Gasteiger partial charge in [0.25, 0.3) is 0 Å². The fourth-order valence-corrected chi connectivity index (χ4v) is 1.86. The van der Waals surface area contributed by atoms with Gasteiger partial charge < -0.3 is 4.74 Å². The molecule has 112 valence electrons. The average molecular weight is 302 g/mol. The first-order chi connectivity index (χ1) is 9.70. The Bertz CT molecular complexity index is 659. The molecular formula is C15H11F5O. The standard InChI is InChI=1S/C15H11F5O/c1-8-3-4-13(10(16)5-8)21-15(19,20)14-11(17)6-9(2)7-12(14)18/h3-7H,1-2H3. The normalized spacial score (nSPS) is 11.6. The van der Waals surface area contributed by atoms with E-state index in [1.807, 2.05) is 0 Å². The van der Waals surface area contributed by atoms with Crippen molar-refractivity contribution in [2.75, 3.05) is 0 Å². The monoisotopic (exact) mass is 302 g/mol. The number of rotatable bonds is 3. The van der Waals surface area contributed by atoms with Gasteiger partial charge in [-0.15, -0.1) is 0 Å². The summed E-state index contributed by atoms with van der Waals surface area (Å²) < 4.78 is 72.7. The van der Waals surface area contributed by atoms with Crippen LogP contribution in [0.15, 0.2) is 30.3 Å². The fraction of sp³-hybridized carbons (Fsp3) is 0.200. The molecule has 0 amide bonds. The first kappa shape index (κ1) is 15.3. The molecule has 0 aliphatic carbocycles. The van der Waals surface area contributed by atoms with E-state index >= 15 is 0 Å². The first-order valence-electron chi connectivity index (χ1n) is 6.00. The number of benzene rings is 2. The molecule has 2 aromatic rings. The summed E-state index contributed by atoms with van der Waals surface area (Å²) in [5.41, 5.74) is -0.907. The van der Waals surface area contributed by atoms with E-state index in [2.05, 4.69) is 4.74 Å². The molecule has 0 aliphatic rings. The van der Waals surface area contributed by atoms with Crippen molar-refractivity contribution in [3.8, 4) is 5.75 Å². The fourth-order valence-electron chi connectivity index (χ4n) is 1.86. The Labute approximate surface area is 118 Å². The van der Waals surface area contributed by atoms with E-state index < -0.39 is 34.9 Å². The molecule has 0 fully saturated rings. The van der Waals surface area contributed by atoms with Crippen LogP contribution >= 0.6 is 0 Å². The Morgan fingerprint density at radius 3 is 1.86 bits per heavy atom. The van der Waals surface area contributed by atoms with Gasteiger partial charge in [0.15, 0.2) is 11.6 Å². The minimum Gasteiger partial charge on any atom is -0.426 e. The molecule has 1 nitrogen and oxygen atoms in total. The lowest BCUT2D eigenvalue weighted by molar-refractivity contribution is -0.191. The lowest BCUT2D eigenvalue weighted by atomic mass is 10.1. The van der Waals surface area contributed by atoms with Gasteiger partial charge in [-0.1, -0.05) is 6.07 Å². The summed E-state index contributed by atoms with van der Waals surface area (Å²) in [6.07, 6.45) is -4.34. The maximum Gasteiger partial charge on any atom is 0.432 e. The molecule has 0 N–H and O–H groups in total. The summed E-state index contributed by atoms with van der Waals surface area (Å²) in [5, 5.41) is 0. The van der Waals surface area contributed by atoms with Crippen LogP contribution in [0.25, 0.3) is 0 Å². The van der Waals surface area contributed by atoms with Crippen molar-refractivity contribution in [2.45, 2.75) is 20.0 Å². The van der Waals surface area contributed by atoms with E-state index in [1.165, 1.54) is 13.0 Å². The Kier molecular flexibility index (Phi) is 3.89. The van der Waals surface area contributed by atoms with Crippen molar-refractivity contribution >= 4 is 0 Å².